The second kappa shape index (κ2) is 10.3. The van der Waals surface area contributed by atoms with Crippen LogP contribution in [-0.2, 0) is 20.6 Å². The Balaban J connectivity index is 1.62. The van der Waals surface area contributed by atoms with E-state index in [9.17, 15) is 14.7 Å². The summed E-state index contributed by atoms with van der Waals surface area (Å²) in [5.41, 5.74) is 3.00. The van der Waals surface area contributed by atoms with E-state index in [-0.39, 0.29) is 30.3 Å². The number of ether oxygens (including phenoxy) is 2. The molecule has 1 atom stereocenters. The number of hydrogen-bond acceptors (Lipinski definition) is 8. The predicted molar refractivity (Wildman–Crippen MR) is 132 cm³/mol. The van der Waals surface area contributed by atoms with Crippen LogP contribution in [0.15, 0.2) is 69.3 Å². The molecular formula is C24H26N6O5. The molecule has 4 rings (SSSR count). The highest BCUT2D eigenvalue weighted by Gasteiger charge is 2.21. The molecule has 0 unspecified atom stereocenters. The summed E-state index contributed by atoms with van der Waals surface area (Å²) in [7, 11) is 4.50. The van der Waals surface area contributed by atoms with E-state index in [1.54, 1.807) is 37.6 Å². The van der Waals surface area contributed by atoms with Crippen LogP contribution < -0.4 is 26.1 Å². The van der Waals surface area contributed by atoms with Gasteiger partial charge in [-0.3, -0.25) is 13.9 Å². The summed E-state index contributed by atoms with van der Waals surface area (Å²) in [6.07, 6.45) is 0.611. The Morgan fingerprint density at radius 3 is 2.43 bits per heavy atom. The summed E-state index contributed by atoms with van der Waals surface area (Å²) in [4.78, 5) is 29.8. The lowest BCUT2D eigenvalue weighted by molar-refractivity contribution is 0.0938. The van der Waals surface area contributed by atoms with Crippen LogP contribution in [0.5, 0.6) is 11.5 Å². The summed E-state index contributed by atoms with van der Waals surface area (Å²) in [6.45, 7) is -0.0614. The maximum absolute atomic E-state index is 12.9. The monoisotopic (exact) mass is 478 g/mol. The van der Waals surface area contributed by atoms with Gasteiger partial charge in [0.15, 0.2) is 11.2 Å². The highest BCUT2D eigenvalue weighted by atomic mass is 16.5. The molecule has 0 bridgehead atoms. The Kier molecular flexibility index (Phi) is 6.97. The van der Waals surface area contributed by atoms with Gasteiger partial charge in [-0.05, 0) is 29.8 Å². The number of hydrazone groups is 1. The first-order chi connectivity index (χ1) is 16.9. The van der Waals surface area contributed by atoms with Gasteiger partial charge in [0.2, 0.25) is 5.95 Å². The van der Waals surface area contributed by atoms with Crippen molar-refractivity contribution in [2.75, 3.05) is 19.1 Å². The number of hydrogen-bond donors (Lipinski definition) is 2. The maximum atomic E-state index is 12.9. The van der Waals surface area contributed by atoms with Gasteiger partial charge in [-0.15, -0.1) is 0 Å². The lowest BCUT2D eigenvalue weighted by Gasteiger charge is -2.15. The molecule has 2 heterocycles. The standard InChI is InChI=1S/C24H26N6O5/c1-28-21-20(22(32)29(2)24(28)33)30(23(26-21)27-25-13-16-7-5-4-6-8-16)14-17(31)15-35-19-11-9-18(34-3)10-12-19/h4-13,17,31H,14-15H2,1-3H3,(H,26,27)/b25-13-/t17-/m1/s1. The number of nitrogens with one attached hydrogen (secondary N) is 1. The first-order valence-corrected chi connectivity index (χ1v) is 10.8. The number of methoxy groups -OCH3 is 1. The Labute approximate surface area is 200 Å². The zero-order valence-electron chi connectivity index (χ0n) is 19.6. The molecule has 0 aliphatic carbocycles. The van der Waals surface area contributed by atoms with Gasteiger partial charge in [-0.2, -0.15) is 10.1 Å². The van der Waals surface area contributed by atoms with Crippen molar-refractivity contribution in [2.24, 2.45) is 19.2 Å². The number of benzene rings is 2. The Morgan fingerprint density at radius 2 is 1.74 bits per heavy atom. The minimum absolute atomic E-state index is 0.0245. The highest BCUT2D eigenvalue weighted by molar-refractivity contribution is 5.80. The van der Waals surface area contributed by atoms with Gasteiger partial charge in [0, 0.05) is 14.1 Å². The van der Waals surface area contributed by atoms with E-state index in [0.29, 0.717) is 11.5 Å². The number of nitrogens with zero attached hydrogens (tertiary/aromatic N) is 5. The van der Waals surface area contributed by atoms with E-state index in [0.717, 1.165) is 10.1 Å². The summed E-state index contributed by atoms with van der Waals surface area (Å²) in [5, 5.41) is 14.9. The number of aryl methyl sites for hydroxylation is 1. The number of aromatic nitrogens is 4. The lowest BCUT2D eigenvalue weighted by atomic mass is 10.2. The van der Waals surface area contributed by atoms with Crippen LogP contribution in [0, 0.1) is 0 Å². The first kappa shape index (κ1) is 23.8. The van der Waals surface area contributed by atoms with E-state index < -0.39 is 17.4 Å². The molecule has 0 saturated heterocycles. The van der Waals surface area contributed by atoms with Gasteiger partial charge in [0.05, 0.1) is 19.9 Å². The largest absolute Gasteiger partial charge is 0.497 e. The molecule has 0 radical (unpaired) electrons. The van der Waals surface area contributed by atoms with Crippen molar-refractivity contribution in [3.8, 4) is 11.5 Å². The molecular weight excluding hydrogens is 452 g/mol. The van der Waals surface area contributed by atoms with Crippen LogP contribution in [-0.4, -0.2) is 49.8 Å². The maximum Gasteiger partial charge on any atom is 0.332 e. The SMILES string of the molecule is COc1ccc(OC[C@H](O)Cn2c(N/N=C\c3ccccc3)nc3c2c(=O)n(C)c(=O)n3C)cc1. The van der Waals surface area contributed by atoms with Crippen LogP contribution in [0.1, 0.15) is 5.56 Å². The van der Waals surface area contributed by atoms with Crippen LogP contribution in [0.25, 0.3) is 11.2 Å². The number of aliphatic hydroxyl groups is 1. The average molecular weight is 479 g/mol. The Bertz CT molecular complexity index is 1450. The Hall–Kier alpha value is -4.38. The molecule has 0 aliphatic heterocycles. The summed E-state index contributed by atoms with van der Waals surface area (Å²) < 4.78 is 14.6. The van der Waals surface area contributed by atoms with Crippen molar-refractivity contribution >= 4 is 23.3 Å². The van der Waals surface area contributed by atoms with Gasteiger partial charge in [0.25, 0.3) is 5.56 Å². The third-order valence-electron chi connectivity index (χ3n) is 5.42. The fraction of sp³-hybridized carbons (Fsp3) is 0.250. The van der Waals surface area contributed by atoms with Crippen molar-refractivity contribution in [3.05, 3.63) is 81.0 Å². The smallest absolute Gasteiger partial charge is 0.332 e. The predicted octanol–water partition coefficient (Wildman–Crippen LogP) is 1.33. The quantitative estimate of drug-likeness (QED) is 0.275. The third kappa shape index (κ3) is 5.09. The fourth-order valence-corrected chi connectivity index (χ4v) is 3.54. The molecule has 4 aromatic rings. The molecule has 182 valence electrons. The normalized spacial score (nSPS) is 12.2. The minimum atomic E-state index is -0.991. The van der Waals surface area contributed by atoms with Gasteiger partial charge >= 0.3 is 5.69 Å². The molecule has 0 fully saturated rings. The fourth-order valence-electron chi connectivity index (χ4n) is 3.54. The van der Waals surface area contributed by atoms with E-state index >= 15 is 0 Å². The molecule has 11 nitrogen and oxygen atoms in total. The van der Waals surface area contributed by atoms with Gasteiger partial charge in [0.1, 0.15) is 24.2 Å². The molecule has 35 heavy (non-hydrogen) atoms. The summed E-state index contributed by atoms with van der Waals surface area (Å²) in [5.74, 6) is 1.45. The number of fused-ring (bicyclic) bond motifs is 1. The van der Waals surface area contributed by atoms with Crippen LogP contribution in [0.4, 0.5) is 5.95 Å². The molecule has 2 N–H and O–H groups in total. The molecule has 11 heteroatoms. The summed E-state index contributed by atoms with van der Waals surface area (Å²) in [6, 6.07) is 16.4. The van der Waals surface area contributed by atoms with Gasteiger partial charge in [-0.25, -0.2) is 10.2 Å². The van der Waals surface area contributed by atoms with Crippen molar-refractivity contribution in [2.45, 2.75) is 12.6 Å². The molecule has 0 amide bonds. The van der Waals surface area contributed by atoms with E-state index in [1.807, 2.05) is 30.3 Å². The number of aliphatic hydroxyl groups excluding tert-OH is 1. The Morgan fingerprint density at radius 1 is 1.06 bits per heavy atom. The van der Waals surface area contributed by atoms with Crippen molar-refractivity contribution in [3.63, 3.8) is 0 Å². The zero-order valence-corrected chi connectivity index (χ0v) is 19.6. The van der Waals surface area contributed by atoms with Crippen LogP contribution >= 0.6 is 0 Å². The minimum Gasteiger partial charge on any atom is -0.497 e. The topological polar surface area (TPSA) is 125 Å². The lowest BCUT2D eigenvalue weighted by Crippen LogP contribution is -2.38. The van der Waals surface area contributed by atoms with E-state index in [1.165, 1.54) is 23.2 Å². The second-order valence-electron chi connectivity index (χ2n) is 7.85. The number of imidazole rings is 1. The van der Waals surface area contributed by atoms with Crippen LogP contribution in [0.2, 0.25) is 0 Å². The average Bonchev–Trinajstić information content (AvgIpc) is 3.24. The van der Waals surface area contributed by atoms with Crippen molar-refractivity contribution < 1.29 is 14.6 Å². The molecule has 0 saturated carbocycles. The molecule has 0 spiro atoms. The second-order valence-corrected chi connectivity index (χ2v) is 7.85. The number of rotatable bonds is 9. The van der Waals surface area contributed by atoms with Gasteiger partial charge < -0.3 is 19.1 Å². The zero-order chi connectivity index (χ0) is 24.9. The van der Waals surface area contributed by atoms with E-state index in [4.69, 9.17) is 9.47 Å². The molecule has 2 aromatic heterocycles. The van der Waals surface area contributed by atoms with Crippen LogP contribution in [0.3, 0.4) is 0 Å². The highest BCUT2D eigenvalue weighted by Crippen LogP contribution is 2.19. The molecule has 0 aliphatic rings. The first-order valence-electron chi connectivity index (χ1n) is 10.8. The van der Waals surface area contributed by atoms with Crippen molar-refractivity contribution in [1.82, 2.24) is 18.7 Å². The summed E-state index contributed by atoms with van der Waals surface area (Å²) >= 11 is 0. The van der Waals surface area contributed by atoms with Gasteiger partial charge in [-0.1, -0.05) is 30.3 Å². The molecule has 2 aromatic carbocycles. The third-order valence-corrected chi connectivity index (χ3v) is 5.42. The number of anilines is 1. The van der Waals surface area contributed by atoms with Crippen molar-refractivity contribution in [1.29, 1.82) is 0 Å². The van der Waals surface area contributed by atoms with E-state index in [2.05, 4.69) is 15.5 Å².